The summed E-state index contributed by atoms with van der Waals surface area (Å²) in [6.07, 6.45) is 0. The van der Waals surface area contributed by atoms with Crippen molar-refractivity contribution < 1.29 is 0 Å². The Bertz CT molecular complexity index is 2730. The van der Waals surface area contributed by atoms with Crippen molar-refractivity contribution in [2.45, 2.75) is 19.3 Å². The Kier molecular flexibility index (Phi) is 6.31. The summed E-state index contributed by atoms with van der Waals surface area (Å²) in [5.41, 5.74) is 11.4. The Balaban J connectivity index is 1.18. The van der Waals surface area contributed by atoms with E-state index >= 15 is 0 Å². The third-order valence-electron chi connectivity index (χ3n) is 10.6. The molecule has 2 heteroatoms. The second-order valence-electron chi connectivity index (χ2n) is 13.8. The summed E-state index contributed by atoms with van der Waals surface area (Å²) >= 11 is 0.234. The van der Waals surface area contributed by atoms with Gasteiger partial charge >= 0.3 is 288 Å². The minimum absolute atomic E-state index is 0.0754. The second kappa shape index (κ2) is 10.8. The maximum absolute atomic E-state index is 2.45. The van der Waals surface area contributed by atoms with Gasteiger partial charge < -0.3 is 0 Å². The van der Waals surface area contributed by atoms with Gasteiger partial charge in [-0.2, -0.15) is 0 Å². The molecule has 1 heterocycles. The van der Waals surface area contributed by atoms with Crippen LogP contribution in [0.25, 0.3) is 63.1 Å². The van der Waals surface area contributed by atoms with Gasteiger partial charge in [0, 0.05) is 0 Å². The molecular formula is C47H33NSe. The molecular weight excluding hydrogens is 657 g/mol. The number of nitrogens with zero attached hydrogens (tertiary/aromatic N) is 1. The van der Waals surface area contributed by atoms with Crippen LogP contribution in [0.1, 0.15) is 25.0 Å². The quantitative estimate of drug-likeness (QED) is 0.131. The molecule has 0 fully saturated rings. The monoisotopic (exact) mass is 691 g/mol. The van der Waals surface area contributed by atoms with E-state index in [0.29, 0.717) is 0 Å². The molecule has 0 bridgehead atoms. The van der Waals surface area contributed by atoms with Gasteiger partial charge in [0.1, 0.15) is 0 Å². The SMILES string of the molecule is CC1(C)c2ccccc2-c2ccc(N(c3ccc(-c4ccccc4)cc3)c3ccc4[se]c5c(ccc6ccc7ccccc7c65)c4c3)cc21. The molecule has 0 unspecified atom stereocenters. The molecule has 0 N–H and O–H groups in total. The molecule has 1 aromatic heterocycles. The molecule has 0 spiro atoms. The van der Waals surface area contributed by atoms with Gasteiger partial charge in [-0.05, 0) is 0 Å². The van der Waals surface area contributed by atoms with Gasteiger partial charge in [-0.25, -0.2) is 0 Å². The van der Waals surface area contributed by atoms with Crippen LogP contribution in [-0.2, 0) is 5.41 Å². The fourth-order valence-corrected chi connectivity index (χ4v) is 10.8. The van der Waals surface area contributed by atoms with Crippen LogP contribution < -0.4 is 4.90 Å². The molecule has 9 aromatic rings. The van der Waals surface area contributed by atoms with Crippen LogP contribution in [0.2, 0.25) is 0 Å². The van der Waals surface area contributed by atoms with Crippen molar-refractivity contribution in [3.8, 4) is 22.3 Å². The first-order chi connectivity index (χ1) is 24.0. The number of rotatable bonds is 4. The van der Waals surface area contributed by atoms with Crippen LogP contribution in [0.15, 0.2) is 164 Å². The first-order valence-electron chi connectivity index (χ1n) is 17.0. The Morgan fingerprint density at radius 1 is 0.449 bits per heavy atom. The molecule has 49 heavy (non-hydrogen) atoms. The Labute approximate surface area is 292 Å². The van der Waals surface area contributed by atoms with Crippen molar-refractivity contribution in [1.82, 2.24) is 0 Å². The summed E-state index contributed by atoms with van der Waals surface area (Å²) in [7, 11) is 0. The van der Waals surface area contributed by atoms with Crippen LogP contribution >= 0.6 is 0 Å². The molecule has 0 aliphatic heterocycles. The minimum atomic E-state index is -0.0754. The zero-order chi connectivity index (χ0) is 32.7. The van der Waals surface area contributed by atoms with Gasteiger partial charge in [-0.15, -0.1) is 0 Å². The van der Waals surface area contributed by atoms with Crippen molar-refractivity contribution in [1.29, 1.82) is 0 Å². The Morgan fingerprint density at radius 2 is 1.10 bits per heavy atom. The average molecular weight is 691 g/mol. The van der Waals surface area contributed by atoms with Gasteiger partial charge in [0.05, 0.1) is 0 Å². The normalized spacial score (nSPS) is 13.3. The van der Waals surface area contributed by atoms with E-state index in [1.54, 1.807) is 0 Å². The standard InChI is InChI=1S/C47H33NSe/c1-47(2)42-15-9-8-14-38(42)39-26-23-36(29-43(39)47)48(34-21-18-31(19-22-34)30-10-4-3-5-11-30)35-24-27-44-41(28-35)40-25-20-33-17-16-32-12-6-7-13-37(32)45(33)46(40)49-44/h3-29H,1-2H3. The maximum atomic E-state index is 2.45. The van der Waals surface area contributed by atoms with Gasteiger partial charge in [0.15, 0.2) is 0 Å². The number of fused-ring (bicyclic) bond motifs is 10. The first kappa shape index (κ1) is 28.6. The van der Waals surface area contributed by atoms with Gasteiger partial charge in [0.2, 0.25) is 0 Å². The summed E-state index contributed by atoms with van der Waals surface area (Å²) in [5.74, 6) is 0. The van der Waals surface area contributed by atoms with E-state index in [9.17, 15) is 0 Å². The van der Waals surface area contributed by atoms with E-state index in [0.717, 1.165) is 5.69 Å². The van der Waals surface area contributed by atoms with E-state index in [2.05, 4.69) is 183 Å². The molecule has 8 aromatic carbocycles. The third-order valence-corrected chi connectivity index (χ3v) is 13.2. The van der Waals surface area contributed by atoms with Crippen molar-refractivity contribution in [2.75, 3.05) is 4.90 Å². The number of hydrogen-bond acceptors (Lipinski definition) is 1. The topological polar surface area (TPSA) is 3.24 Å². The number of hydrogen-bond donors (Lipinski definition) is 0. The van der Waals surface area contributed by atoms with Crippen molar-refractivity contribution >= 4 is 72.4 Å². The van der Waals surface area contributed by atoms with E-state index in [-0.39, 0.29) is 19.9 Å². The van der Waals surface area contributed by atoms with Crippen molar-refractivity contribution in [2.24, 2.45) is 0 Å². The molecule has 0 atom stereocenters. The first-order valence-corrected chi connectivity index (χ1v) is 18.7. The number of anilines is 3. The van der Waals surface area contributed by atoms with Crippen LogP contribution in [0.3, 0.4) is 0 Å². The predicted octanol–water partition coefficient (Wildman–Crippen LogP) is 12.8. The van der Waals surface area contributed by atoms with Gasteiger partial charge in [-0.3, -0.25) is 0 Å². The van der Waals surface area contributed by atoms with Gasteiger partial charge in [-0.1, -0.05) is 6.07 Å². The van der Waals surface area contributed by atoms with E-state index in [4.69, 9.17) is 0 Å². The molecule has 10 rings (SSSR count). The summed E-state index contributed by atoms with van der Waals surface area (Å²) in [4.78, 5) is 2.45. The molecule has 1 aliphatic rings. The molecule has 0 saturated carbocycles. The van der Waals surface area contributed by atoms with Crippen LogP contribution in [0.5, 0.6) is 0 Å². The Morgan fingerprint density at radius 3 is 1.98 bits per heavy atom. The molecule has 0 radical (unpaired) electrons. The molecule has 232 valence electrons. The van der Waals surface area contributed by atoms with Gasteiger partial charge in [0.25, 0.3) is 0 Å². The average Bonchev–Trinajstić information content (AvgIpc) is 3.64. The predicted molar refractivity (Wildman–Crippen MR) is 211 cm³/mol. The summed E-state index contributed by atoms with van der Waals surface area (Å²) in [6.45, 7) is 4.73. The van der Waals surface area contributed by atoms with E-state index in [1.165, 1.54) is 85.6 Å². The van der Waals surface area contributed by atoms with Crippen molar-refractivity contribution in [3.63, 3.8) is 0 Å². The van der Waals surface area contributed by atoms with Crippen LogP contribution in [-0.4, -0.2) is 14.5 Å². The fraction of sp³-hybridized carbons (Fsp3) is 0.0638. The molecule has 1 nitrogen and oxygen atoms in total. The molecule has 1 aliphatic carbocycles. The third kappa shape index (κ3) is 4.38. The summed E-state index contributed by atoms with van der Waals surface area (Å²) < 4.78 is 2.96. The van der Waals surface area contributed by atoms with E-state index in [1.807, 2.05) is 0 Å². The Hall–Kier alpha value is -5.40. The fourth-order valence-electron chi connectivity index (χ4n) is 8.16. The zero-order valence-corrected chi connectivity index (χ0v) is 29.2. The molecule has 0 saturated heterocycles. The second-order valence-corrected chi connectivity index (χ2v) is 16.0. The molecule has 0 amide bonds. The van der Waals surface area contributed by atoms with Crippen LogP contribution in [0, 0.1) is 0 Å². The summed E-state index contributed by atoms with van der Waals surface area (Å²) in [5, 5.41) is 8.15. The zero-order valence-electron chi connectivity index (χ0n) is 27.4. The van der Waals surface area contributed by atoms with Crippen molar-refractivity contribution in [3.05, 3.63) is 175 Å². The van der Waals surface area contributed by atoms with E-state index < -0.39 is 0 Å². The number of benzene rings is 8. The van der Waals surface area contributed by atoms with Crippen LogP contribution in [0.4, 0.5) is 17.1 Å². The summed E-state index contributed by atoms with van der Waals surface area (Å²) in [6, 6.07) is 60.9.